The average Bonchev–Trinajstić information content (AvgIpc) is 3.59. The Morgan fingerprint density at radius 1 is 1.02 bits per heavy atom. The van der Waals surface area contributed by atoms with Crippen LogP contribution < -0.4 is 15.8 Å². The fourth-order valence-corrected chi connectivity index (χ4v) is 10.7. The topological polar surface area (TPSA) is 164 Å². The SMILES string of the molecule is CCC1C#CC2C=CC(c3ccc(O)c(OC4CC(Cc5ccc[nH]5)C5=CCNC(N)=C5CSSCC(CO)C4O)c3)CC(O)C2C(O)CCCC1. The Morgan fingerprint density at radius 3 is 2.65 bits per heavy atom. The maximum atomic E-state index is 11.9. The van der Waals surface area contributed by atoms with Crippen molar-refractivity contribution in [2.45, 2.75) is 88.6 Å². The highest BCUT2D eigenvalue weighted by molar-refractivity contribution is 8.76. The summed E-state index contributed by atoms with van der Waals surface area (Å²) in [6.07, 6.45) is 11.0. The first-order valence-electron chi connectivity index (χ1n) is 18.9. The molecule has 4 aliphatic rings. The minimum atomic E-state index is -1.02. The van der Waals surface area contributed by atoms with Gasteiger partial charge in [0, 0.05) is 71.7 Å². The minimum Gasteiger partial charge on any atom is -0.504 e. The largest absolute Gasteiger partial charge is 0.504 e. The van der Waals surface area contributed by atoms with Gasteiger partial charge in [-0.1, -0.05) is 77.5 Å². The number of H-pyrrole nitrogens is 1. The van der Waals surface area contributed by atoms with Crippen molar-refractivity contribution in [2.75, 3.05) is 24.7 Å². The number of hydrogen-bond acceptors (Lipinski definition) is 10. The Hall–Kier alpha value is -2.98. The number of benzene rings is 1. The molecular formula is C41H55N3O6S2. The van der Waals surface area contributed by atoms with Crippen molar-refractivity contribution in [3.63, 3.8) is 0 Å². The molecule has 0 radical (unpaired) electrons. The number of nitrogens with one attached hydrogen (secondary N) is 2. The molecular weight excluding hydrogens is 695 g/mol. The van der Waals surface area contributed by atoms with Gasteiger partial charge in [-0.05, 0) is 79.8 Å². The van der Waals surface area contributed by atoms with E-state index in [1.807, 2.05) is 30.5 Å². The fourth-order valence-electron chi connectivity index (χ4n) is 8.20. The Kier molecular flexibility index (Phi) is 13.7. The molecule has 1 aromatic heterocycles. The highest BCUT2D eigenvalue weighted by Crippen LogP contribution is 2.42. The van der Waals surface area contributed by atoms with Crippen LogP contribution in [-0.4, -0.2) is 79.6 Å². The Balaban J connectivity index is 1.31. The number of aromatic nitrogens is 1. The van der Waals surface area contributed by atoms with Gasteiger partial charge in [0.05, 0.1) is 18.3 Å². The Bertz CT molecular complexity index is 1630. The molecule has 0 bridgehead atoms. The lowest BCUT2D eigenvalue weighted by Crippen LogP contribution is -2.42. The number of aliphatic hydroxyl groups excluding tert-OH is 4. The molecule has 0 amide bonds. The van der Waals surface area contributed by atoms with Crippen LogP contribution in [0.25, 0.3) is 0 Å². The quantitative estimate of drug-likeness (QED) is 0.105. The van der Waals surface area contributed by atoms with Crippen LogP contribution >= 0.6 is 21.6 Å². The summed E-state index contributed by atoms with van der Waals surface area (Å²) in [4.78, 5) is 3.33. The van der Waals surface area contributed by atoms with Crippen molar-refractivity contribution in [2.24, 2.45) is 35.3 Å². The fraction of sp³-hybridized carbons (Fsp3) is 0.561. The summed E-state index contributed by atoms with van der Waals surface area (Å²) >= 11 is 0. The van der Waals surface area contributed by atoms with Gasteiger partial charge in [0.15, 0.2) is 11.5 Å². The molecule has 2 aliphatic heterocycles. The number of aromatic amines is 1. The summed E-state index contributed by atoms with van der Waals surface area (Å²) in [6.45, 7) is 2.55. The van der Waals surface area contributed by atoms with Gasteiger partial charge in [0.1, 0.15) is 11.9 Å². The molecule has 0 saturated carbocycles. The van der Waals surface area contributed by atoms with E-state index in [-0.39, 0.29) is 41.8 Å². The molecule has 1 saturated heterocycles. The molecule has 282 valence electrons. The standard InChI is InChI=1S/C41H55N3O6S2/c1-2-25-6-3-4-8-35(47)39-26(10-9-25)11-12-27(19-36(39)48)28-13-14-34(46)37(20-28)50-38-21-29(18-31-7-5-16-43-31)32-15-17-44-41(42)33(32)24-52-51-23-30(22-45)40(38)49/h5,7,11-16,20,25-27,29-30,35-36,38-40,43-49H,2-4,6,8,17-19,21-24,42H2,1H3. The average molecular weight is 750 g/mol. The van der Waals surface area contributed by atoms with E-state index in [1.54, 1.807) is 33.7 Å². The van der Waals surface area contributed by atoms with Gasteiger partial charge in [-0.25, -0.2) is 0 Å². The molecule has 2 aromatic rings. The highest BCUT2D eigenvalue weighted by atomic mass is 33.1. The normalized spacial score (nSPS) is 33.1. The van der Waals surface area contributed by atoms with E-state index in [2.05, 4.69) is 41.2 Å². The van der Waals surface area contributed by atoms with Crippen LogP contribution in [0.4, 0.5) is 0 Å². The third kappa shape index (κ3) is 9.38. The van der Waals surface area contributed by atoms with Gasteiger partial charge in [0.2, 0.25) is 0 Å². The van der Waals surface area contributed by atoms with Crippen molar-refractivity contribution in [3.05, 3.63) is 83.0 Å². The van der Waals surface area contributed by atoms with E-state index in [1.165, 1.54) is 0 Å². The van der Waals surface area contributed by atoms with E-state index in [0.29, 0.717) is 55.5 Å². The van der Waals surface area contributed by atoms with Crippen LogP contribution in [0.3, 0.4) is 0 Å². The van der Waals surface area contributed by atoms with Crippen LogP contribution in [0.2, 0.25) is 0 Å². The van der Waals surface area contributed by atoms with Crippen molar-refractivity contribution in [1.29, 1.82) is 0 Å². The predicted molar refractivity (Wildman–Crippen MR) is 209 cm³/mol. The Labute approximate surface area is 316 Å². The maximum absolute atomic E-state index is 11.9. The first-order chi connectivity index (χ1) is 25.2. The molecule has 10 unspecified atom stereocenters. The number of fused-ring (bicyclic) bond motifs is 2. The molecule has 2 aliphatic carbocycles. The monoisotopic (exact) mass is 749 g/mol. The van der Waals surface area contributed by atoms with E-state index < -0.39 is 30.3 Å². The summed E-state index contributed by atoms with van der Waals surface area (Å²) in [5.41, 5.74) is 10.6. The van der Waals surface area contributed by atoms with E-state index >= 15 is 0 Å². The third-order valence-electron chi connectivity index (χ3n) is 11.3. The first-order valence-corrected chi connectivity index (χ1v) is 21.4. The van der Waals surface area contributed by atoms with Crippen molar-refractivity contribution in [1.82, 2.24) is 10.3 Å². The highest BCUT2D eigenvalue weighted by Gasteiger charge is 2.38. The van der Waals surface area contributed by atoms with Gasteiger partial charge in [-0.3, -0.25) is 0 Å². The van der Waals surface area contributed by atoms with E-state index in [9.17, 15) is 25.5 Å². The number of rotatable bonds is 7. The lowest BCUT2D eigenvalue weighted by Gasteiger charge is -2.33. The number of nitrogens with two attached hydrogens (primary N) is 1. The maximum Gasteiger partial charge on any atom is 0.161 e. The second kappa shape index (κ2) is 18.4. The second-order valence-electron chi connectivity index (χ2n) is 14.8. The van der Waals surface area contributed by atoms with Gasteiger partial charge >= 0.3 is 0 Å². The zero-order valence-electron chi connectivity index (χ0n) is 30.0. The molecule has 10 atom stereocenters. The lowest BCUT2D eigenvalue weighted by molar-refractivity contribution is -0.0214. The zero-order valence-corrected chi connectivity index (χ0v) is 31.6. The van der Waals surface area contributed by atoms with Gasteiger partial charge in [0.25, 0.3) is 0 Å². The number of aromatic hydroxyl groups is 1. The summed E-state index contributed by atoms with van der Waals surface area (Å²) < 4.78 is 6.67. The van der Waals surface area contributed by atoms with Crippen molar-refractivity contribution >= 4 is 21.6 Å². The minimum absolute atomic E-state index is 0.0539. The molecule has 52 heavy (non-hydrogen) atoms. The number of ether oxygens (including phenoxy) is 1. The predicted octanol–water partition coefficient (Wildman–Crippen LogP) is 5.38. The molecule has 6 rings (SSSR count). The number of dihydropyridines is 1. The second-order valence-corrected chi connectivity index (χ2v) is 17.3. The van der Waals surface area contributed by atoms with Gasteiger partial charge in [-0.15, -0.1) is 0 Å². The number of phenolic OH excluding ortho intramolecular Hbond substituents is 1. The van der Waals surface area contributed by atoms with Gasteiger partial charge < -0.3 is 46.3 Å². The molecule has 9 N–H and O–H groups in total. The number of hydrogen-bond donors (Lipinski definition) is 8. The number of phenols is 1. The van der Waals surface area contributed by atoms with Crippen molar-refractivity contribution in [3.8, 4) is 23.3 Å². The summed E-state index contributed by atoms with van der Waals surface area (Å²) in [5, 5.41) is 59.6. The zero-order chi connectivity index (χ0) is 36.6. The van der Waals surface area contributed by atoms with Crippen LogP contribution in [0.5, 0.6) is 11.5 Å². The summed E-state index contributed by atoms with van der Waals surface area (Å²) in [7, 11) is 3.25. The summed E-state index contributed by atoms with van der Waals surface area (Å²) in [6, 6.07) is 9.27. The molecule has 3 heterocycles. The summed E-state index contributed by atoms with van der Waals surface area (Å²) in [5.74, 6) is 7.83. The van der Waals surface area contributed by atoms with E-state index in [4.69, 9.17) is 10.5 Å². The number of allylic oxidation sites excluding steroid dienone is 3. The van der Waals surface area contributed by atoms with E-state index in [0.717, 1.165) is 48.1 Å². The van der Waals surface area contributed by atoms with Crippen molar-refractivity contribution < 1.29 is 30.3 Å². The molecule has 1 fully saturated rings. The molecule has 0 spiro atoms. The van der Waals surface area contributed by atoms with Crippen LogP contribution in [0.1, 0.15) is 69.0 Å². The van der Waals surface area contributed by atoms with Gasteiger partial charge in [-0.2, -0.15) is 0 Å². The van der Waals surface area contributed by atoms with Crippen LogP contribution in [0, 0.1) is 41.4 Å². The Morgan fingerprint density at radius 2 is 1.87 bits per heavy atom. The number of aliphatic hydroxyl groups is 4. The lowest BCUT2D eigenvalue weighted by atomic mass is 9.79. The molecule has 1 aromatic carbocycles. The smallest absolute Gasteiger partial charge is 0.161 e. The molecule has 11 heteroatoms. The first kappa shape index (κ1) is 38.7. The van der Waals surface area contributed by atoms with Crippen LogP contribution in [0.15, 0.2) is 71.7 Å². The third-order valence-corrected chi connectivity index (χ3v) is 13.7. The van der Waals surface area contributed by atoms with Crippen LogP contribution in [-0.2, 0) is 6.42 Å². The molecule has 9 nitrogen and oxygen atoms in total.